The Balaban J connectivity index is 0.000000180. The van der Waals surface area contributed by atoms with E-state index in [1.165, 1.54) is 0 Å². The Morgan fingerprint density at radius 1 is 1.70 bits per heavy atom. The summed E-state index contributed by atoms with van der Waals surface area (Å²) in [6, 6.07) is 0. The molecule has 1 heterocycles. The predicted octanol–water partition coefficient (Wildman–Crippen LogP) is 0.0692. The standard InChI is InChI=1S/C4H5N2.NO3/c1-6-3-2-5-4-6;2-1(3)4/h2-3H,1H3;/q+1;-1. The van der Waals surface area contributed by atoms with Crippen LogP contribution in [0.2, 0.25) is 0 Å². The lowest BCUT2D eigenvalue weighted by Crippen LogP contribution is -2.01. The SMILES string of the molecule is CN1[C+]=NC=C1.O=[N+]([O-])[O-]. The molecule has 0 N–H and O–H groups in total. The van der Waals surface area contributed by atoms with Gasteiger partial charge in [-0.2, -0.15) is 4.90 Å². The molecule has 0 unspecified atom stereocenters. The molecule has 1 aliphatic heterocycles. The number of hydrogen-bond acceptors (Lipinski definition) is 5. The number of hydrogen-bond donors (Lipinski definition) is 0. The van der Waals surface area contributed by atoms with Crippen molar-refractivity contribution in [2.24, 2.45) is 4.99 Å². The van der Waals surface area contributed by atoms with Gasteiger partial charge in [0.2, 0.25) is 6.20 Å². The first-order valence-electron chi connectivity index (χ1n) is 2.29. The van der Waals surface area contributed by atoms with Gasteiger partial charge >= 0.3 is 0 Å². The first kappa shape index (κ1) is 8.32. The van der Waals surface area contributed by atoms with Crippen molar-refractivity contribution in [2.75, 3.05) is 7.05 Å². The molecule has 0 saturated heterocycles. The Morgan fingerprint density at radius 3 is 2.30 bits per heavy atom. The summed E-state index contributed by atoms with van der Waals surface area (Å²) in [5, 5.41) is 14.8. The molecule has 0 aromatic rings. The highest BCUT2D eigenvalue weighted by atomic mass is 16.9. The first-order valence-corrected chi connectivity index (χ1v) is 2.29. The maximum atomic E-state index is 8.25. The lowest BCUT2D eigenvalue weighted by atomic mass is 10.9. The molecule has 1 rings (SSSR count). The summed E-state index contributed by atoms with van der Waals surface area (Å²) in [6.07, 6.45) is 6.19. The monoisotopic (exact) mass is 143 g/mol. The molecule has 6 heteroatoms. The van der Waals surface area contributed by atoms with Gasteiger partial charge in [0.25, 0.3) is 6.34 Å². The second kappa shape index (κ2) is 4.22. The number of rotatable bonds is 0. The quantitative estimate of drug-likeness (QED) is 0.273. The minimum absolute atomic E-state index is 1.69. The molecule has 0 amide bonds. The summed E-state index contributed by atoms with van der Waals surface area (Å²) in [5.41, 5.74) is 0. The average molecular weight is 143 g/mol. The van der Waals surface area contributed by atoms with Crippen molar-refractivity contribution >= 4 is 6.34 Å². The van der Waals surface area contributed by atoms with Gasteiger partial charge in [-0.1, -0.05) is 0 Å². The zero-order valence-electron chi connectivity index (χ0n) is 5.22. The Bertz CT molecular complexity index is 149. The molecule has 0 aromatic heterocycles. The molecule has 10 heavy (non-hydrogen) atoms. The van der Waals surface area contributed by atoms with Crippen molar-refractivity contribution in [3.05, 3.63) is 27.7 Å². The molecule has 1 aliphatic rings. The highest BCUT2D eigenvalue weighted by Crippen LogP contribution is 1.87. The van der Waals surface area contributed by atoms with E-state index in [1.807, 2.05) is 13.2 Å². The van der Waals surface area contributed by atoms with Gasteiger partial charge in [-0.05, 0) is 4.99 Å². The van der Waals surface area contributed by atoms with E-state index >= 15 is 0 Å². The van der Waals surface area contributed by atoms with Crippen LogP contribution in [0.15, 0.2) is 17.4 Å². The van der Waals surface area contributed by atoms with E-state index in [4.69, 9.17) is 15.3 Å². The lowest BCUT2D eigenvalue weighted by Gasteiger charge is -1.80. The fraction of sp³-hybridized carbons (Fsp3) is 0.250. The molecule has 0 spiro atoms. The number of aliphatic imine (C=N–C) groups is 1. The second-order valence-electron chi connectivity index (χ2n) is 1.36. The summed E-state index contributed by atoms with van der Waals surface area (Å²) >= 11 is 0. The van der Waals surface area contributed by atoms with Gasteiger partial charge < -0.3 is 15.3 Å². The predicted molar refractivity (Wildman–Crippen MR) is 34.7 cm³/mol. The first-order chi connectivity index (χ1) is 4.63. The van der Waals surface area contributed by atoms with Gasteiger partial charge in [-0.3, -0.25) is 0 Å². The zero-order valence-corrected chi connectivity index (χ0v) is 5.22. The third kappa shape index (κ3) is 6.32. The Labute approximate surface area is 57.2 Å². The van der Waals surface area contributed by atoms with E-state index in [9.17, 15) is 0 Å². The molecule has 0 atom stereocenters. The topological polar surface area (TPSA) is 81.8 Å². The fourth-order valence-corrected chi connectivity index (χ4v) is 0.291. The highest BCUT2D eigenvalue weighted by molar-refractivity contribution is 5.59. The smallest absolute Gasteiger partial charge is 0.255 e. The van der Waals surface area contributed by atoms with Gasteiger partial charge in [0, 0.05) is 7.05 Å². The molecule has 6 nitrogen and oxygen atoms in total. The van der Waals surface area contributed by atoms with Gasteiger partial charge in [-0.15, -0.1) is 0 Å². The Kier molecular flexibility index (Phi) is 3.51. The van der Waals surface area contributed by atoms with E-state index in [1.54, 1.807) is 11.1 Å². The summed E-state index contributed by atoms with van der Waals surface area (Å²) in [6.45, 7) is 0. The molecule has 0 aromatic carbocycles. The van der Waals surface area contributed by atoms with E-state index in [2.05, 4.69) is 11.3 Å². The van der Waals surface area contributed by atoms with Crippen LogP contribution in [0.4, 0.5) is 0 Å². The third-order valence-corrected chi connectivity index (χ3v) is 0.580. The van der Waals surface area contributed by atoms with Crippen LogP contribution in [0.5, 0.6) is 0 Å². The van der Waals surface area contributed by atoms with Crippen LogP contribution in [0.1, 0.15) is 0 Å². The number of nitrogens with zero attached hydrogens (tertiary/aromatic N) is 3. The molecule has 0 saturated carbocycles. The third-order valence-electron chi connectivity index (χ3n) is 0.580. The van der Waals surface area contributed by atoms with E-state index in [0.717, 1.165) is 0 Å². The van der Waals surface area contributed by atoms with Gasteiger partial charge in [0.1, 0.15) is 0 Å². The van der Waals surface area contributed by atoms with Crippen molar-refractivity contribution in [1.29, 1.82) is 0 Å². The maximum Gasteiger partial charge on any atom is 0.255 e. The van der Waals surface area contributed by atoms with Crippen LogP contribution in [-0.2, 0) is 0 Å². The van der Waals surface area contributed by atoms with E-state index in [-0.39, 0.29) is 0 Å². The van der Waals surface area contributed by atoms with Crippen molar-refractivity contribution in [3.63, 3.8) is 0 Å². The molecule has 0 bridgehead atoms. The molecular weight excluding hydrogens is 138 g/mol. The van der Waals surface area contributed by atoms with Crippen molar-refractivity contribution < 1.29 is 5.09 Å². The normalized spacial score (nSPS) is 11.9. The second-order valence-corrected chi connectivity index (χ2v) is 1.36. The summed E-state index contributed by atoms with van der Waals surface area (Å²) in [7, 11) is 1.88. The lowest BCUT2D eigenvalue weighted by molar-refractivity contribution is -0.402. The van der Waals surface area contributed by atoms with Crippen LogP contribution in [0.3, 0.4) is 0 Å². The minimum Gasteiger partial charge on any atom is -0.356 e. The van der Waals surface area contributed by atoms with Crippen LogP contribution < -0.4 is 0 Å². The van der Waals surface area contributed by atoms with Crippen molar-refractivity contribution in [3.8, 4) is 0 Å². The molecule has 0 radical (unpaired) electrons. The van der Waals surface area contributed by atoms with Crippen molar-refractivity contribution in [1.82, 2.24) is 4.90 Å². The summed E-state index contributed by atoms with van der Waals surface area (Å²) < 4.78 is 0. The van der Waals surface area contributed by atoms with Gasteiger partial charge in [0.15, 0.2) is 6.20 Å². The van der Waals surface area contributed by atoms with Gasteiger partial charge in [0.05, 0.1) is 5.09 Å². The zero-order chi connectivity index (χ0) is 7.98. The van der Waals surface area contributed by atoms with E-state index in [0.29, 0.717) is 0 Å². The van der Waals surface area contributed by atoms with Crippen LogP contribution in [0, 0.1) is 15.3 Å². The van der Waals surface area contributed by atoms with Crippen LogP contribution in [-0.4, -0.2) is 23.4 Å². The Hall–Kier alpha value is -1.68. The average Bonchev–Trinajstić information content (AvgIpc) is 2.15. The molecular formula is C4H5N3O3. The largest absolute Gasteiger partial charge is 0.356 e. The fourth-order valence-electron chi connectivity index (χ4n) is 0.291. The molecule has 54 valence electrons. The highest BCUT2D eigenvalue weighted by Gasteiger charge is 1.99. The molecule has 0 aliphatic carbocycles. The van der Waals surface area contributed by atoms with Gasteiger partial charge in [-0.25, -0.2) is 0 Å². The molecule has 0 fully saturated rings. The van der Waals surface area contributed by atoms with E-state index < -0.39 is 5.09 Å². The Morgan fingerprint density at radius 2 is 2.20 bits per heavy atom. The minimum atomic E-state index is -1.75. The van der Waals surface area contributed by atoms with Crippen molar-refractivity contribution in [2.45, 2.75) is 0 Å². The summed E-state index contributed by atoms with van der Waals surface area (Å²) in [5.74, 6) is 0. The maximum absolute atomic E-state index is 8.25. The van der Waals surface area contributed by atoms with Crippen LogP contribution in [0.25, 0.3) is 0 Å². The summed E-state index contributed by atoms with van der Waals surface area (Å²) in [4.78, 5) is 13.7. The van der Waals surface area contributed by atoms with Crippen LogP contribution >= 0.6 is 0 Å².